The summed E-state index contributed by atoms with van der Waals surface area (Å²) in [5.41, 5.74) is 2.65. The molecule has 2 amide bonds. The van der Waals surface area contributed by atoms with E-state index < -0.39 is 0 Å². The van der Waals surface area contributed by atoms with Crippen LogP contribution in [-0.4, -0.2) is 27.4 Å². The number of benzene rings is 1. The number of amides is 2. The summed E-state index contributed by atoms with van der Waals surface area (Å²) in [6.07, 6.45) is 3.54. The fourth-order valence-electron chi connectivity index (χ4n) is 3.21. The van der Waals surface area contributed by atoms with Gasteiger partial charge in [-0.2, -0.15) is 0 Å². The fraction of sp³-hybridized carbons (Fsp3) is 0.450. The summed E-state index contributed by atoms with van der Waals surface area (Å²) in [4.78, 5) is 30.0. The number of hydrogen-bond acceptors (Lipinski definition) is 3. The molecule has 1 aliphatic heterocycles. The highest BCUT2D eigenvalue weighted by atomic mass is 35.5. The zero-order valence-electron chi connectivity index (χ0n) is 15.9. The molecule has 1 aromatic heterocycles. The van der Waals surface area contributed by atoms with Gasteiger partial charge >= 0.3 is 0 Å². The number of carbonyl (C=O) groups excluding carboxylic acids is 2. The fourth-order valence-corrected chi connectivity index (χ4v) is 3.39. The molecule has 0 fully saturated rings. The van der Waals surface area contributed by atoms with Crippen LogP contribution in [-0.2, 0) is 13.0 Å². The summed E-state index contributed by atoms with van der Waals surface area (Å²) >= 11 is 6.14. The molecule has 6 nitrogen and oxygen atoms in total. The van der Waals surface area contributed by atoms with Crippen molar-refractivity contribution in [3.05, 3.63) is 46.0 Å². The van der Waals surface area contributed by atoms with Gasteiger partial charge in [-0.05, 0) is 57.2 Å². The van der Waals surface area contributed by atoms with Gasteiger partial charge in [0.1, 0.15) is 5.69 Å². The molecular formula is C20H25ClN4O2. The third kappa shape index (κ3) is 4.00. The van der Waals surface area contributed by atoms with Crippen molar-refractivity contribution >= 4 is 29.1 Å². The van der Waals surface area contributed by atoms with Crippen molar-refractivity contribution in [1.29, 1.82) is 0 Å². The second-order valence-electron chi connectivity index (χ2n) is 6.99. The maximum atomic E-state index is 12.9. The van der Waals surface area contributed by atoms with Crippen LogP contribution < -0.4 is 10.6 Å². The highest BCUT2D eigenvalue weighted by Gasteiger charge is 2.28. The summed E-state index contributed by atoms with van der Waals surface area (Å²) < 4.78 is 1.88. The minimum atomic E-state index is -0.328. The van der Waals surface area contributed by atoms with Gasteiger partial charge in [-0.3, -0.25) is 9.59 Å². The molecule has 144 valence electrons. The number of aromatic nitrogens is 2. The normalized spacial score (nSPS) is 14.4. The van der Waals surface area contributed by atoms with Crippen LogP contribution in [0.2, 0.25) is 5.02 Å². The van der Waals surface area contributed by atoms with Crippen LogP contribution in [0, 0.1) is 6.92 Å². The highest BCUT2D eigenvalue weighted by Crippen LogP contribution is 2.25. The van der Waals surface area contributed by atoms with Crippen molar-refractivity contribution in [3.8, 4) is 0 Å². The average molecular weight is 389 g/mol. The van der Waals surface area contributed by atoms with Crippen LogP contribution in [0.1, 0.15) is 65.5 Å². The molecular weight excluding hydrogens is 364 g/mol. The SMILES string of the molecule is CCC(C)NC(=O)c1nc(C(=O)Nc2cccc(Cl)c2C)n2c1CCCC2. The number of fused-ring (bicyclic) bond motifs is 1. The van der Waals surface area contributed by atoms with E-state index in [1.807, 2.05) is 25.3 Å². The predicted octanol–water partition coefficient (Wildman–Crippen LogP) is 3.96. The molecule has 3 rings (SSSR count). The summed E-state index contributed by atoms with van der Waals surface area (Å²) in [6, 6.07) is 5.43. The molecule has 0 spiro atoms. The highest BCUT2D eigenvalue weighted by molar-refractivity contribution is 6.31. The standard InChI is InChI=1S/C20H25ClN4O2/c1-4-12(2)22-19(26)17-16-10-5-6-11-25(16)18(24-17)20(27)23-15-9-7-8-14(21)13(15)3/h7-9,12H,4-6,10-11H2,1-3H3,(H,22,26)(H,23,27). The van der Waals surface area contributed by atoms with Crippen LogP contribution >= 0.6 is 11.6 Å². The molecule has 2 aromatic rings. The monoisotopic (exact) mass is 388 g/mol. The van der Waals surface area contributed by atoms with Gasteiger partial charge in [0.25, 0.3) is 11.8 Å². The lowest BCUT2D eigenvalue weighted by Crippen LogP contribution is -2.33. The minimum Gasteiger partial charge on any atom is -0.348 e. The topological polar surface area (TPSA) is 76.0 Å². The van der Waals surface area contributed by atoms with Crippen LogP contribution in [0.3, 0.4) is 0 Å². The van der Waals surface area contributed by atoms with E-state index in [4.69, 9.17) is 11.6 Å². The first kappa shape index (κ1) is 19.4. The van der Waals surface area contributed by atoms with Crippen LogP contribution in [0.4, 0.5) is 5.69 Å². The number of rotatable bonds is 5. The maximum Gasteiger partial charge on any atom is 0.291 e. The van der Waals surface area contributed by atoms with Gasteiger partial charge in [-0.25, -0.2) is 4.98 Å². The van der Waals surface area contributed by atoms with Gasteiger partial charge in [0.05, 0.1) is 5.69 Å². The lowest BCUT2D eigenvalue weighted by atomic mass is 10.1. The lowest BCUT2D eigenvalue weighted by Gasteiger charge is -2.18. The van der Waals surface area contributed by atoms with Crippen LogP contribution in [0.25, 0.3) is 0 Å². The summed E-state index contributed by atoms with van der Waals surface area (Å²) in [6.45, 7) is 6.51. The molecule has 27 heavy (non-hydrogen) atoms. The van der Waals surface area contributed by atoms with E-state index in [0.29, 0.717) is 22.9 Å². The van der Waals surface area contributed by atoms with E-state index >= 15 is 0 Å². The van der Waals surface area contributed by atoms with Crippen LogP contribution in [0.15, 0.2) is 18.2 Å². The molecule has 0 saturated heterocycles. The van der Waals surface area contributed by atoms with Crippen molar-refractivity contribution < 1.29 is 9.59 Å². The van der Waals surface area contributed by atoms with E-state index in [-0.39, 0.29) is 23.7 Å². The molecule has 0 bridgehead atoms. The Morgan fingerprint density at radius 2 is 2.07 bits per heavy atom. The van der Waals surface area contributed by atoms with E-state index in [1.54, 1.807) is 18.2 Å². The molecule has 1 aromatic carbocycles. The van der Waals surface area contributed by atoms with Gasteiger partial charge in [-0.15, -0.1) is 0 Å². The Balaban J connectivity index is 1.92. The summed E-state index contributed by atoms with van der Waals surface area (Å²) in [7, 11) is 0. The predicted molar refractivity (Wildman–Crippen MR) is 107 cm³/mol. The first-order valence-corrected chi connectivity index (χ1v) is 9.76. The van der Waals surface area contributed by atoms with Gasteiger partial charge in [0.15, 0.2) is 5.82 Å². The molecule has 2 heterocycles. The zero-order chi connectivity index (χ0) is 19.6. The first-order valence-electron chi connectivity index (χ1n) is 9.39. The van der Waals surface area contributed by atoms with Gasteiger partial charge < -0.3 is 15.2 Å². The van der Waals surface area contributed by atoms with Crippen molar-refractivity contribution in [2.75, 3.05) is 5.32 Å². The lowest BCUT2D eigenvalue weighted by molar-refractivity contribution is 0.0933. The number of halogens is 1. The number of nitrogens with zero attached hydrogens (tertiary/aromatic N) is 2. The van der Waals surface area contributed by atoms with E-state index in [0.717, 1.165) is 36.9 Å². The molecule has 1 unspecified atom stereocenters. The van der Waals surface area contributed by atoms with Gasteiger partial charge in [0, 0.05) is 23.3 Å². The number of carbonyl (C=O) groups is 2. The molecule has 7 heteroatoms. The smallest absolute Gasteiger partial charge is 0.291 e. The van der Waals surface area contributed by atoms with E-state index in [9.17, 15) is 9.59 Å². The Morgan fingerprint density at radius 1 is 1.30 bits per heavy atom. The summed E-state index contributed by atoms with van der Waals surface area (Å²) in [5, 5.41) is 6.42. The Labute approximate surface area is 164 Å². The van der Waals surface area contributed by atoms with E-state index in [2.05, 4.69) is 15.6 Å². The Kier molecular flexibility index (Phi) is 5.85. The number of anilines is 1. The van der Waals surface area contributed by atoms with Crippen LogP contribution in [0.5, 0.6) is 0 Å². The Bertz CT molecular complexity index is 875. The largest absolute Gasteiger partial charge is 0.348 e. The molecule has 2 N–H and O–H groups in total. The van der Waals surface area contributed by atoms with Gasteiger partial charge in [-0.1, -0.05) is 24.6 Å². The summed E-state index contributed by atoms with van der Waals surface area (Å²) in [5.74, 6) is -0.266. The van der Waals surface area contributed by atoms with Crippen molar-refractivity contribution in [3.63, 3.8) is 0 Å². The Hall–Kier alpha value is -2.34. The maximum absolute atomic E-state index is 12.9. The molecule has 1 atom stereocenters. The second-order valence-corrected chi connectivity index (χ2v) is 7.40. The molecule has 0 saturated carbocycles. The van der Waals surface area contributed by atoms with Crippen molar-refractivity contribution in [2.45, 2.75) is 59.0 Å². The Morgan fingerprint density at radius 3 is 2.81 bits per heavy atom. The third-order valence-corrected chi connectivity index (χ3v) is 5.45. The third-order valence-electron chi connectivity index (χ3n) is 5.04. The molecule has 0 radical (unpaired) electrons. The first-order chi connectivity index (χ1) is 12.9. The minimum absolute atomic E-state index is 0.0600. The van der Waals surface area contributed by atoms with E-state index in [1.165, 1.54) is 0 Å². The average Bonchev–Trinajstić information content (AvgIpc) is 3.05. The zero-order valence-corrected chi connectivity index (χ0v) is 16.7. The molecule has 1 aliphatic rings. The van der Waals surface area contributed by atoms with Gasteiger partial charge in [0.2, 0.25) is 0 Å². The van der Waals surface area contributed by atoms with Crippen molar-refractivity contribution in [1.82, 2.24) is 14.9 Å². The number of nitrogens with one attached hydrogen (secondary N) is 2. The number of hydrogen-bond donors (Lipinski definition) is 2. The van der Waals surface area contributed by atoms with Crippen molar-refractivity contribution in [2.24, 2.45) is 0 Å². The number of imidazole rings is 1. The quantitative estimate of drug-likeness (QED) is 0.813. The molecule has 0 aliphatic carbocycles. The second kappa shape index (κ2) is 8.13.